The van der Waals surface area contributed by atoms with E-state index in [4.69, 9.17) is 10.8 Å². The second kappa shape index (κ2) is 4.62. The van der Waals surface area contributed by atoms with Crippen LogP contribution in [0.25, 0.3) is 0 Å². The quantitative estimate of drug-likeness (QED) is 0.753. The molecule has 1 amide bonds. The smallest absolute Gasteiger partial charge is 0.416 e. The number of hydrogen-bond acceptors (Lipinski definition) is 2. The number of nitrogens with two attached hydrogens (primary N) is 1. The predicted octanol–water partition coefficient (Wildman–Crippen LogP) is 2.82. The van der Waals surface area contributed by atoms with E-state index < -0.39 is 23.9 Å². The topological polar surface area (TPSA) is 75.3 Å². The Balaban J connectivity index is 3.23. The van der Waals surface area contributed by atoms with Crippen LogP contribution < -0.4 is 11.1 Å². The molecule has 1 rings (SSSR count). The maximum absolute atomic E-state index is 12.5. The number of anilines is 1. The molecule has 0 fully saturated rings. The molecule has 0 spiro atoms. The zero-order valence-electron chi connectivity index (χ0n) is 8.88. The first-order valence-electron chi connectivity index (χ1n) is 4.68. The van der Waals surface area contributed by atoms with Crippen molar-refractivity contribution in [2.45, 2.75) is 19.1 Å². The van der Waals surface area contributed by atoms with Gasteiger partial charge in [0.25, 0.3) is 0 Å². The van der Waals surface area contributed by atoms with Crippen LogP contribution >= 0.6 is 0 Å². The summed E-state index contributed by atoms with van der Waals surface area (Å²) in [6, 6.07) is 2.28. The molecule has 0 aliphatic rings. The second-order valence-electron chi connectivity index (χ2n) is 3.56. The molecule has 0 aliphatic heterocycles. The molecule has 4 N–H and O–H groups in total. The van der Waals surface area contributed by atoms with Crippen molar-refractivity contribution in [3.8, 4) is 0 Å². The number of hydrogen-bond donors (Lipinski definition) is 3. The highest BCUT2D eigenvalue weighted by atomic mass is 19.4. The third kappa shape index (κ3) is 3.63. The molecule has 0 unspecified atom stereocenters. The molecule has 1 aromatic rings. The lowest BCUT2D eigenvalue weighted by Gasteiger charge is -2.13. The van der Waals surface area contributed by atoms with Crippen LogP contribution in [0.3, 0.4) is 0 Å². The van der Waals surface area contributed by atoms with E-state index in [-0.39, 0.29) is 11.3 Å². The number of carboxylic acid groups (broad SMARTS) is 1. The van der Waals surface area contributed by atoms with Crippen molar-refractivity contribution in [2.24, 2.45) is 5.73 Å². The molecule has 17 heavy (non-hydrogen) atoms. The van der Waals surface area contributed by atoms with Crippen molar-refractivity contribution in [1.29, 1.82) is 0 Å². The number of nitrogens with one attached hydrogen (secondary N) is 1. The van der Waals surface area contributed by atoms with Crippen LogP contribution in [0.4, 0.5) is 23.7 Å². The summed E-state index contributed by atoms with van der Waals surface area (Å²) in [7, 11) is 0. The minimum atomic E-state index is -4.54. The average Bonchev–Trinajstić information content (AvgIpc) is 2.14. The number of rotatable bonds is 2. The van der Waals surface area contributed by atoms with Gasteiger partial charge in [0.2, 0.25) is 0 Å². The van der Waals surface area contributed by atoms with Crippen molar-refractivity contribution in [2.75, 3.05) is 5.32 Å². The zero-order chi connectivity index (χ0) is 13.2. The summed E-state index contributed by atoms with van der Waals surface area (Å²) in [4.78, 5) is 10.4. The molecule has 0 saturated heterocycles. The van der Waals surface area contributed by atoms with Gasteiger partial charge in [0.05, 0.1) is 5.56 Å². The number of benzene rings is 1. The lowest BCUT2D eigenvalue weighted by atomic mass is 10.0. The summed E-state index contributed by atoms with van der Waals surface area (Å²) in [5.41, 5.74) is 4.61. The average molecular weight is 248 g/mol. The third-order valence-electron chi connectivity index (χ3n) is 2.06. The van der Waals surface area contributed by atoms with Gasteiger partial charge in [-0.25, -0.2) is 4.79 Å². The second-order valence-corrected chi connectivity index (χ2v) is 3.56. The number of alkyl halides is 3. The van der Waals surface area contributed by atoms with Gasteiger partial charge in [0, 0.05) is 11.7 Å². The minimum absolute atomic E-state index is 0.153. The van der Waals surface area contributed by atoms with Crippen LogP contribution in [0.2, 0.25) is 0 Å². The highest BCUT2D eigenvalue weighted by Gasteiger charge is 2.31. The van der Waals surface area contributed by atoms with Gasteiger partial charge < -0.3 is 10.8 Å². The Morgan fingerprint density at radius 1 is 1.41 bits per heavy atom. The summed E-state index contributed by atoms with van der Waals surface area (Å²) >= 11 is 0. The molecule has 1 aromatic carbocycles. The molecular formula is C10H11F3N2O2. The van der Waals surface area contributed by atoms with Crippen LogP contribution in [-0.4, -0.2) is 11.2 Å². The lowest BCUT2D eigenvalue weighted by molar-refractivity contribution is -0.137. The first kappa shape index (κ1) is 13.3. The van der Waals surface area contributed by atoms with Crippen molar-refractivity contribution in [3.63, 3.8) is 0 Å². The van der Waals surface area contributed by atoms with E-state index in [2.05, 4.69) is 0 Å². The van der Waals surface area contributed by atoms with Crippen LogP contribution in [0.15, 0.2) is 18.2 Å². The van der Waals surface area contributed by atoms with Crippen LogP contribution in [0.1, 0.15) is 24.1 Å². The van der Waals surface area contributed by atoms with Gasteiger partial charge in [-0.3, -0.25) is 5.32 Å². The maximum Gasteiger partial charge on any atom is 0.416 e. The summed E-state index contributed by atoms with van der Waals surface area (Å²) < 4.78 is 37.6. The largest absolute Gasteiger partial charge is 0.465 e. The van der Waals surface area contributed by atoms with Crippen LogP contribution in [-0.2, 0) is 6.18 Å². The van der Waals surface area contributed by atoms with E-state index >= 15 is 0 Å². The Morgan fingerprint density at radius 3 is 2.41 bits per heavy atom. The van der Waals surface area contributed by atoms with E-state index in [0.29, 0.717) is 0 Å². The van der Waals surface area contributed by atoms with Gasteiger partial charge in [0.1, 0.15) is 0 Å². The normalized spacial score (nSPS) is 13.2. The Hall–Kier alpha value is -1.76. The summed E-state index contributed by atoms with van der Waals surface area (Å²) in [5, 5.41) is 10.3. The molecule has 0 aromatic heterocycles. The fraction of sp³-hybridized carbons (Fsp3) is 0.300. The number of halogens is 3. The van der Waals surface area contributed by atoms with Crippen molar-refractivity contribution >= 4 is 11.8 Å². The fourth-order valence-corrected chi connectivity index (χ4v) is 1.27. The molecule has 94 valence electrons. The molecule has 0 aliphatic carbocycles. The van der Waals surface area contributed by atoms with Crippen LogP contribution in [0, 0.1) is 0 Å². The molecule has 0 heterocycles. The van der Waals surface area contributed by atoms with Gasteiger partial charge in [-0.15, -0.1) is 0 Å². The summed E-state index contributed by atoms with van der Waals surface area (Å²) in [6.07, 6.45) is -5.97. The highest BCUT2D eigenvalue weighted by Crippen LogP contribution is 2.33. The van der Waals surface area contributed by atoms with Gasteiger partial charge in [-0.1, -0.05) is 0 Å². The third-order valence-corrected chi connectivity index (χ3v) is 2.06. The van der Waals surface area contributed by atoms with Gasteiger partial charge in [-0.2, -0.15) is 13.2 Å². The fourth-order valence-electron chi connectivity index (χ4n) is 1.27. The van der Waals surface area contributed by atoms with E-state index in [1.165, 1.54) is 13.0 Å². The van der Waals surface area contributed by atoms with Gasteiger partial charge >= 0.3 is 12.3 Å². The Bertz CT molecular complexity index is 430. The maximum atomic E-state index is 12.5. The lowest BCUT2D eigenvalue weighted by Crippen LogP contribution is -2.13. The zero-order valence-corrected chi connectivity index (χ0v) is 8.88. The van der Waals surface area contributed by atoms with E-state index in [9.17, 15) is 18.0 Å². The van der Waals surface area contributed by atoms with Crippen molar-refractivity contribution in [3.05, 3.63) is 29.3 Å². The standard InChI is InChI=1S/C10H11F3N2O2/c1-5(14)6-2-7(10(11,12)13)4-8(3-6)15-9(16)17/h2-5,15H,14H2,1H3,(H,16,17)/t5-/m1/s1. The Labute approximate surface area is 95.2 Å². The first-order chi connectivity index (χ1) is 7.70. The molecular weight excluding hydrogens is 237 g/mol. The van der Waals surface area contributed by atoms with E-state index in [1.54, 1.807) is 0 Å². The Kier molecular flexibility index (Phi) is 3.62. The molecule has 0 radical (unpaired) electrons. The Morgan fingerprint density at radius 2 is 2.00 bits per heavy atom. The molecule has 0 saturated carbocycles. The molecule has 7 heteroatoms. The highest BCUT2D eigenvalue weighted by molar-refractivity contribution is 5.83. The van der Waals surface area contributed by atoms with Gasteiger partial charge in [0.15, 0.2) is 0 Å². The van der Waals surface area contributed by atoms with E-state index in [1.807, 2.05) is 5.32 Å². The van der Waals surface area contributed by atoms with Crippen LogP contribution in [0.5, 0.6) is 0 Å². The summed E-state index contributed by atoms with van der Waals surface area (Å²) in [5.74, 6) is 0. The SMILES string of the molecule is C[C@@H](N)c1cc(NC(=O)O)cc(C(F)(F)F)c1. The number of amides is 1. The minimum Gasteiger partial charge on any atom is -0.465 e. The number of carbonyl (C=O) groups is 1. The first-order valence-corrected chi connectivity index (χ1v) is 4.68. The molecule has 1 atom stereocenters. The predicted molar refractivity (Wildman–Crippen MR) is 55.7 cm³/mol. The summed E-state index contributed by atoms with van der Waals surface area (Å²) in [6.45, 7) is 1.51. The molecule has 0 bridgehead atoms. The molecule has 4 nitrogen and oxygen atoms in total. The van der Waals surface area contributed by atoms with Gasteiger partial charge in [-0.05, 0) is 30.7 Å². The van der Waals surface area contributed by atoms with Crippen molar-refractivity contribution < 1.29 is 23.1 Å². The van der Waals surface area contributed by atoms with Crippen molar-refractivity contribution in [1.82, 2.24) is 0 Å². The van der Waals surface area contributed by atoms with E-state index in [0.717, 1.165) is 12.1 Å². The monoisotopic (exact) mass is 248 g/mol.